The zero-order chi connectivity index (χ0) is 18.3. The van der Waals surface area contributed by atoms with Crippen LogP contribution in [0.3, 0.4) is 0 Å². The number of halogens is 2. The lowest BCUT2D eigenvalue weighted by Crippen LogP contribution is -2.36. The molecule has 3 aromatic rings. The lowest BCUT2D eigenvalue weighted by Gasteiger charge is -2.11. The summed E-state index contributed by atoms with van der Waals surface area (Å²) in [6.07, 6.45) is 1.78. The molecule has 3 rings (SSSR count). The second kappa shape index (κ2) is 6.71. The highest BCUT2D eigenvalue weighted by Gasteiger charge is 2.20. The first kappa shape index (κ1) is 17.8. The monoisotopic (exact) mass is 381 g/mol. The molecule has 0 fully saturated rings. The van der Waals surface area contributed by atoms with Crippen molar-refractivity contribution in [3.05, 3.63) is 55.3 Å². The molecule has 0 aliphatic heterocycles. The predicted molar refractivity (Wildman–Crippen MR) is 99.8 cm³/mol. The number of nitrogens with zero attached hydrogens (tertiary/aromatic N) is 3. The summed E-state index contributed by atoms with van der Waals surface area (Å²) in [6, 6.07) is 5.12. The predicted octanol–water partition coefficient (Wildman–Crippen LogP) is 2.66. The Labute approximate surface area is 153 Å². The molecular formula is C17H17Cl2N3O3. The van der Waals surface area contributed by atoms with Crippen LogP contribution in [0, 0.1) is 0 Å². The van der Waals surface area contributed by atoms with E-state index in [1.807, 2.05) is 4.57 Å². The molecule has 2 aromatic heterocycles. The van der Waals surface area contributed by atoms with Gasteiger partial charge in [-0.3, -0.25) is 13.9 Å². The fourth-order valence-corrected chi connectivity index (χ4v) is 3.42. The number of methoxy groups -OCH3 is 1. The maximum atomic E-state index is 12.8. The molecule has 0 atom stereocenters. The minimum absolute atomic E-state index is 0.365. The highest BCUT2D eigenvalue weighted by atomic mass is 35.5. The van der Waals surface area contributed by atoms with Gasteiger partial charge in [0.15, 0.2) is 0 Å². The Morgan fingerprint density at radius 3 is 2.48 bits per heavy atom. The summed E-state index contributed by atoms with van der Waals surface area (Å²) in [5.74, 6) is 0. The van der Waals surface area contributed by atoms with Gasteiger partial charge in [-0.25, -0.2) is 4.79 Å². The van der Waals surface area contributed by atoms with Gasteiger partial charge in [-0.15, -0.1) is 0 Å². The van der Waals surface area contributed by atoms with Gasteiger partial charge in [0.25, 0.3) is 5.56 Å². The van der Waals surface area contributed by atoms with Crippen molar-refractivity contribution in [2.45, 2.75) is 6.54 Å². The minimum Gasteiger partial charge on any atom is -0.383 e. The summed E-state index contributed by atoms with van der Waals surface area (Å²) in [7, 11) is 4.70. The van der Waals surface area contributed by atoms with E-state index in [-0.39, 0.29) is 11.2 Å². The van der Waals surface area contributed by atoms with Crippen LogP contribution in [0.4, 0.5) is 0 Å². The first-order chi connectivity index (χ1) is 11.9. The Morgan fingerprint density at radius 1 is 1.12 bits per heavy atom. The second-order valence-electron chi connectivity index (χ2n) is 5.75. The largest absolute Gasteiger partial charge is 0.383 e. The van der Waals surface area contributed by atoms with Crippen molar-refractivity contribution in [2.75, 3.05) is 13.7 Å². The van der Waals surface area contributed by atoms with E-state index in [1.165, 1.54) is 11.6 Å². The fraction of sp³-hybridized carbons (Fsp3) is 0.294. The number of aromatic nitrogens is 3. The third kappa shape index (κ3) is 2.90. The van der Waals surface area contributed by atoms with Crippen molar-refractivity contribution in [3.63, 3.8) is 0 Å². The zero-order valence-electron chi connectivity index (χ0n) is 14.0. The van der Waals surface area contributed by atoms with Gasteiger partial charge in [0.05, 0.1) is 28.2 Å². The number of rotatable bonds is 4. The van der Waals surface area contributed by atoms with E-state index in [2.05, 4.69) is 0 Å². The Bertz CT molecular complexity index is 1080. The third-order valence-corrected chi connectivity index (χ3v) is 4.78. The number of hydrogen-bond acceptors (Lipinski definition) is 3. The van der Waals surface area contributed by atoms with Crippen molar-refractivity contribution in [3.8, 4) is 11.3 Å². The fourth-order valence-electron chi connectivity index (χ4n) is 2.93. The first-order valence-corrected chi connectivity index (χ1v) is 8.35. The third-order valence-electron chi connectivity index (χ3n) is 4.23. The van der Waals surface area contributed by atoms with E-state index in [0.717, 1.165) is 4.57 Å². The molecule has 0 aliphatic carbocycles. The highest BCUT2D eigenvalue weighted by molar-refractivity contribution is 6.36. The van der Waals surface area contributed by atoms with Gasteiger partial charge >= 0.3 is 5.69 Å². The number of fused-ring (bicyclic) bond motifs is 1. The van der Waals surface area contributed by atoms with E-state index in [1.54, 1.807) is 38.6 Å². The van der Waals surface area contributed by atoms with Crippen LogP contribution < -0.4 is 11.2 Å². The Balaban J connectivity index is 2.46. The standard InChI is InChI=1S/C17H17Cl2N3O3/c1-20-13-9-22(6-7-25-3)15(11-5-4-10(18)8-12(11)19)14(13)16(23)21(2)17(20)24/h4-5,8-9H,6-7H2,1-3H3. The van der Waals surface area contributed by atoms with Gasteiger partial charge in [-0.2, -0.15) is 0 Å². The molecule has 6 nitrogen and oxygen atoms in total. The Morgan fingerprint density at radius 2 is 1.84 bits per heavy atom. The molecule has 0 spiro atoms. The Hall–Kier alpha value is -2.02. The van der Waals surface area contributed by atoms with Crippen LogP contribution in [0.1, 0.15) is 0 Å². The van der Waals surface area contributed by atoms with Gasteiger partial charge < -0.3 is 9.30 Å². The van der Waals surface area contributed by atoms with Gasteiger partial charge in [-0.05, 0) is 18.2 Å². The topological polar surface area (TPSA) is 58.2 Å². The van der Waals surface area contributed by atoms with E-state index < -0.39 is 0 Å². The van der Waals surface area contributed by atoms with Gasteiger partial charge in [0.2, 0.25) is 0 Å². The van der Waals surface area contributed by atoms with Gasteiger partial charge in [0, 0.05) is 44.5 Å². The van der Waals surface area contributed by atoms with Gasteiger partial charge in [-0.1, -0.05) is 23.2 Å². The lowest BCUT2D eigenvalue weighted by molar-refractivity contribution is 0.188. The highest BCUT2D eigenvalue weighted by Crippen LogP contribution is 2.34. The number of aryl methyl sites for hydroxylation is 1. The molecule has 0 amide bonds. The van der Waals surface area contributed by atoms with Crippen LogP contribution in [0.15, 0.2) is 34.0 Å². The minimum atomic E-state index is -0.379. The summed E-state index contributed by atoms with van der Waals surface area (Å²) >= 11 is 12.4. The van der Waals surface area contributed by atoms with E-state index >= 15 is 0 Å². The summed E-state index contributed by atoms with van der Waals surface area (Å²) in [4.78, 5) is 25.0. The van der Waals surface area contributed by atoms with Crippen molar-refractivity contribution in [1.29, 1.82) is 0 Å². The van der Waals surface area contributed by atoms with Crippen molar-refractivity contribution < 1.29 is 4.74 Å². The van der Waals surface area contributed by atoms with Crippen LogP contribution in [0.2, 0.25) is 10.0 Å². The quantitative estimate of drug-likeness (QED) is 0.697. The van der Waals surface area contributed by atoms with Crippen LogP contribution in [-0.4, -0.2) is 27.4 Å². The number of hydrogen-bond donors (Lipinski definition) is 0. The summed E-state index contributed by atoms with van der Waals surface area (Å²) < 4.78 is 9.59. The molecule has 132 valence electrons. The van der Waals surface area contributed by atoms with Crippen LogP contribution in [0.25, 0.3) is 22.2 Å². The Kier molecular flexibility index (Phi) is 4.77. The van der Waals surface area contributed by atoms with Crippen LogP contribution in [0.5, 0.6) is 0 Å². The van der Waals surface area contributed by atoms with Crippen molar-refractivity contribution >= 4 is 34.1 Å². The molecule has 0 unspecified atom stereocenters. The summed E-state index contributed by atoms with van der Waals surface area (Å²) in [6.45, 7) is 0.963. The first-order valence-electron chi connectivity index (χ1n) is 7.60. The maximum Gasteiger partial charge on any atom is 0.330 e. The molecule has 0 radical (unpaired) electrons. The average molecular weight is 382 g/mol. The van der Waals surface area contributed by atoms with Crippen LogP contribution in [-0.2, 0) is 25.4 Å². The molecule has 1 aromatic carbocycles. The zero-order valence-corrected chi connectivity index (χ0v) is 15.6. The van der Waals surface area contributed by atoms with Crippen molar-refractivity contribution in [1.82, 2.24) is 13.7 Å². The maximum absolute atomic E-state index is 12.8. The molecule has 8 heteroatoms. The normalized spacial score (nSPS) is 11.4. The molecule has 0 saturated carbocycles. The summed E-state index contributed by atoms with van der Waals surface area (Å²) in [5.41, 5.74) is 1.12. The number of benzene rings is 1. The van der Waals surface area contributed by atoms with Crippen LogP contribution >= 0.6 is 23.2 Å². The molecule has 0 saturated heterocycles. The van der Waals surface area contributed by atoms with E-state index in [4.69, 9.17) is 27.9 Å². The average Bonchev–Trinajstić information content (AvgIpc) is 2.95. The molecule has 0 N–H and O–H groups in total. The summed E-state index contributed by atoms with van der Waals surface area (Å²) in [5, 5.41) is 1.38. The van der Waals surface area contributed by atoms with Crippen molar-refractivity contribution in [2.24, 2.45) is 14.1 Å². The van der Waals surface area contributed by atoms with Gasteiger partial charge in [0.1, 0.15) is 0 Å². The molecule has 0 bridgehead atoms. The van der Waals surface area contributed by atoms with E-state index in [0.29, 0.717) is 45.4 Å². The van der Waals surface area contributed by atoms with E-state index in [9.17, 15) is 9.59 Å². The molecule has 2 heterocycles. The molecular weight excluding hydrogens is 365 g/mol. The second-order valence-corrected chi connectivity index (χ2v) is 6.60. The molecule has 25 heavy (non-hydrogen) atoms. The molecule has 0 aliphatic rings. The smallest absolute Gasteiger partial charge is 0.330 e. The SMILES string of the molecule is COCCn1cc2c(c1-c1ccc(Cl)cc1Cl)c(=O)n(C)c(=O)n2C. The lowest BCUT2D eigenvalue weighted by atomic mass is 10.1. The number of ether oxygens (including phenoxy) is 1.